The van der Waals surface area contributed by atoms with Gasteiger partial charge in [0.25, 0.3) is 0 Å². The van der Waals surface area contributed by atoms with E-state index in [-0.39, 0.29) is 0 Å². The van der Waals surface area contributed by atoms with Gasteiger partial charge in [0.2, 0.25) is 0 Å². The number of aromatic amines is 1. The molecule has 2 aromatic rings. The quantitative estimate of drug-likeness (QED) is 0.774. The molecular weight excluding hydrogens is 210 g/mol. The summed E-state index contributed by atoms with van der Waals surface area (Å²) in [6.45, 7) is 6.17. The minimum absolute atomic E-state index is 0.854. The molecule has 2 rings (SSSR count). The number of nitrogens with zero attached hydrogens (tertiary/aromatic N) is 1. The zero-order chi connectivity index (χ0) is 12.1. The van der Waals surface area contributed by atoms with Crippen LogP contribution in [0.4, 0.5) is 0 Å². The second-order valence-electron chi connectivity index (χ2n) is 4.27. The molecule has 0 saturated carbocycles. The summed E-state index contributed by atoms with van der Waals surface area (Å²) in [4.78, 5) is 0. The van der Waals surface area contributed by atoms with Crippen LogP contribution >= 0.6 is 0 Å². The van der Waals surface area contributed by atoms with Crippen LogP contribution in [0.25, 0.3) is 11.3 Å². The van der Waals surface area contributed by atoms with Crippen molar-refractivity contribution in [3.8, 4) is 11.3 Å². The first-order valence-electron chi connectivity index (χ1n) is 6.12. The highest BCUT2D eigenvalue weighted by Gasteiger charge is 2.05. The van der Waals surface area contributed by atoms with Crippen LogP contribution in [0.2, 0.25) is 0 Å². The average Bonchev–Trinajstić information content (AvgIpc) is 2.79. The second kappa shape index (κ2) is 5.64. The van der Waals surface area contributed by atoms with Gasteiger partial charge in [0.15, 0.2) is 0 Å². The van der Waals surface area contributed by atoms with Crippen LogP contribution in [0.1, 0.15) is 24.6 Å². The molecule has 0 spiro atoms. The van der Waals surface area contributed by atoms with Crippen molar-refractivity contribution >= 4 is 0 Å². The number of rotatable bonds is 5. The molecule has 0 radical (unpaired) electrons. The Labute approximate surface area is 102 Å². The summed E-state index contributed by atoms with van der Waals surface area (Å²) in [5.41, 5.74) is 4.62. The molecule has 0 atom stereocenters. The normalized spacial score (nSPS) is 10.7. The Balaban J connectivity index is 2.10. The Morgan fingerprint density at radius 1 is 1.29 bits per heavy atom. The van der Waals surface area contributed by atoms with Gasteiger partial charge in [-0.3, -0.25) is 5.10 Å². The van der Waals surface area contributed by atoms with Gasteiger partial charge in [-0.25, -0.2) is 0 Å². The van der Waals surface area contributed by atoms with Crippen LogP contribution in [0.5, 0.6) is 0 Å². The van der Waals surface area contributed by atoms with Crippen molar-refractivity contribution in [3.63, 3.8) is 0 Å². The lowest BCUT2D eigenvalue weighted by Gasteiger charge is -2.00. The van der Waals surface area contributed by atoms with E-state index in [0.717, 1.165) is 30.9 Å². The summed E-state index contributed by atoms with van der Waals surface area (Å²) in [7, 11) is 0. The van der Waals surface area contributed by atoms with Crippen molar-refractivity contribution in [1.82, 2.24) is 15.5 Å². The summed E-state index contributed by atoms with van der Waals surface area (Å²) in [5.74, 6) is 0. The minimum atomic E-state index is 0.854. The van der Waals surface area contributed by atoms with Gasteiger partial charge >= 0.3 is 0 Å². The predicted octanol–water partition coefficient (Wildman–Crippen LogP) is 2.88. The van der Waals surface area contributed by atoms with Crippen molar-refractivity contribution in [2.45, 2.75) is 26.8 Å². The summed E-state index contributed by atoms with van der Waals surface area (Å²) in [6, 6.07) is 10.4. The van der Waals surface area contributed by atoms with Gasteiger partial charge in [-0.1, -0.05) is 31.2 Å². The molecule has 17 heavy (non-hydrogen) atoms. The number of aromatic nitrogens is 2. The molecule has 0 unspecified atom stereocenters. The van der Waals surface area contributed by atoms with Gasteiger partial charge in [0.1, 0.15) is 0 Å². The van der Waals surface area contributed by atoms with E-state index in [1.165, 1.54) is 11.1 Å². The van der Waals surface area contributed by atoms with E-state index < -0.39 is 0 Å². The van der Waals surface area contributed by atoms with Crippen LogP contribution in [-0.4, -0.2) is 16.7 Å². The molecule has 0 bridgehead atoms. The summed E-state index contributed by atoms with van der Waals surface area (Å²) >= 11 is 0. The molecule has 0 aliphatic heterocycles. The highest BCUT2D eigenvalue weighted by Crippen LogP contribution is 2.21. The largest absolute Gasteiger partial charge is 0.311 e. The van der Waals surface area contributed by atoms with E-state index in [1.807, 2.05) is 6.07 Å². The number of benzene rings is 1. The molecule has 1 heterocycles. The first-order chi connectivity index (χ1) is 8.31. The number of hydrogen-bond donors (Lipinski definition) is 2. The van der Waals surface area contributed by atoms with Gasteiger partial charge in [-0.05, 0) is 31.5 Å². The monoisotopic (exact) mass is 229 g/mol. The van der Waals surface area contributed by atoms with Crippen LogP contribution in [0.15, 0.2) is 30.3 Å². The minimum Gasteiger partial charge on any atom is -0.311 e. The van der Waals surface area contributed by atoms with E-state index >= 15 is 0 Å². The lowest BCUT2D eigenvalue weighted by atomic mass is 10.1. The molecule has 90 valence electrons. The second-order valence-corrected chi connectivity index (χ2v) is 4.27. The number of H-pyrrole nitrogens is 1. The van der Waals surface area contributed by atoms with Crippen LogP contribution in [0.3, 0.4) is 0 Å². The first-order valence-corrected chi connectivity index (χ1v) is 6.12. The maximum absolute atomic E-state index is 4.36. The SMILES string of the molecule is CCCNCc1cc(-c2ccccc2C)n[nH]1. The Hall–Kier alpha value is -1.61. The Morgan fingerprint density at radius 3 is 2.88 bits per heavy atom. The maximum atomic E-state index is 4.36. The fourth-order valence-electron chi connectivity index (χ4n) is 1.85. The standard InChI is InChI=1S/C14H19N3/c1-3-8-15-10-12-9-14(17-16-12)13-7-5-4-6-11(13)2/h4-7,9,15H,3,8,10H2,1-2H3,(H,16,17). The third-order valence-corrected chi connectivity index (χ3v) is 2.79. The molecule has 3 nitrogen and oxygen atoms in total. The smallest absolute Gasteiger partial charge is 0.0926 e. The van der Waals surface area contributed by atoms with E-state index in [2.05, 4.69) is 53.6 Å². The molecule has 0 amide bonds. The molecule has 1 aromatic carbocycles. The predicted molar refractivity (Wildman–Crippen MR) is 70.8 cm³/mol. The molecule has 0 aliphatic carbocycles. The van der Waals surface area contributed by atoms with Gasteiger partial charge in [-0.15, -0.1) is 0 Å². The number of aryl methyl sites for hydroxylation is 1. The Bertz CT molecular complexity index is 474. The topological polar surface area (TPSA) is 40.7 Å². The molecule has 3 heteroatoms. The third-order valence-electron chi connectivity index (χ3n) is 2.79. The van der Waals surface area contributed by atoms with Gasteiger partial charge < -0.3 is 5.32 Å². The van der Waals surface area contributed by atoms with Crippen molar-refractivity contribution in [3.05, 3.63) is 41.6 Å². The zero-order valence-electron chi connectivity index (χ0n) is 10.5. The maximum Gasteiger partial charge on any atom is 0.0926 e. The average molecular weight is 229 g/mol. The van der Waals surface area contributed by atoms with E-state index in [4.69, 9.17) is 0 Å². The Morgan fingerprint density at radius 2 is 2.12 bits per heavy atom. The summed E-state index contributed by atoms with van der Waals surface area (Å²) < 4.78 is 0. The molecule has 0 saturated heterocycles. The van der Waals surface area contributed by atoms with Crippen molar-refractivity contribution in [2.24, 2.45) is 0 Å². The van der Waals surface area contributed by atoms with Crippen LogP contribution in [0, 0.1) is 6.92 Å². The highest BCUT2D eigenvalue weighted by molar-refractivity contribution is 5.63. The highest BCUT2D eigenvalue weighted by atomic mass is 15.1. The lowest BCUT2D eigenvalue weighted by molar-refractivity contribution is 0.662. The van der Waals surface area contributed by atoms with Crippen molar-refractivity contribution in [2.75, 3.05) is 6.54 Å². The molecular formula is C14H19N3. The third kappa shape index (κ3) is 2.94. The van der Waals surface area contributed by atoms with Gasteiger partial charge in [0, 0.05) is 17.8 Å². The molecule has 0 aliphatic rings. The first kappa shape index (κ1) is 11.9. The molecule has 2 N–H and O–H groups in total. The fourth-order valence-corrected chi connectivity index (χ4v) is 1.85. The summed E-state index contributed by atoms with van der Waals surface area (Å²) in [6.07, 6.45) is 1.15. The molecule has 0 fully saturated rings. The summed E-state index contributed by atoms with van der Waals surface area (Å²) in [5, 5.41) is 10.8. The zero-order valence-corrected chi connectivity index (χ0v) is 10.5. The Kier molecular flexibility index (Phi) is 3.94. The van der Waals surface area contributed by atoms with Crippen molar-refractivity contribution < 1.29 is 0 Å². The van der Waals surface area contributed by atoms with E-state index in [0.29, 0.717) is 0 Å². The van der Waals surface area contributed by atoms with Gasteiger partial charge in [0.05, 0.1) is 5.69 Å². The number of nitrogens with one attached hydrogen (secondary N) is 2. The lowest BCUT2D eigenvalue weighted by Crippen LogP contribution is -2.13. The van der Waals surface area contributed by atoms with Crippen LogP contribution < -0.4 is 5.32 Å². The van der Waals surface area contributed by atoms with Crippen molar-refractivity contribution in [1.29, 1.82) is 0 Å². The van der Waals surface area contributed by atoms with E-state index in [1.54, 1.807) is 0 Å². The van der Waals surface area contributed by atoms with Gasteiger partial charge in [-0.2, -0.15) is 5.10 Å². The van der Waals surface area contributed by atoms with Crippen LogP contribution in [-0.2, 0) is 6.54 Å². The number of hydrogen-bond acceptors (Lipinski definition) is 2. The molecule has 1 aromatic heterocycles. The fraction of sp³-hybridized carbons (Fsp3) is 0.357. The van der Waals surface area contributed by atoms with E-state index in [9.17, 15) is 0 Å².